The molecule has 0 atom stereocenters. The van der Waals surface area contributed by atoms with Crippen molar-refractivity contribution in [1.82, 2.24) is 14.9 Å². The summed E-state index contributed by atoms with van der Waals surface area (Å²) >= 11 is 1.51. The zero-order chi connectivity index (χ0) is 17.2. The number of carbonyl (C=O) groups excluding carboxylic acids is 1. The molecule has 0 aliphatic carbocycles. The number of nitrogens with one attached hydrogen (secondary N) is 1. The van der Waals surface area contributed by atoms with Gasteiger partial charge in [0.25, 0.3) is 5.91 Å². The molecule has 0 unspecified atom stereocenters. The van der Waals surface area contributed by atoms with E-state index in [4.69, 9.17) is 5.11 Å². The number of carboxylic acids is 1. The Hall–Kier alpha value is -2.15. The number of hydrogen-bond acceptors (Lipinski definition) is 4. The van der Waals surface area contributed by atoms with Crippen LogP contribution in [0, 0.1) is 13.8 Å². The molecule has 0 aromatic carbocycles. The number of aromatic nitrogens is 2. The molecule has 2 heterocycles. The van der Waals surface area contributed by atoms with Crippen LogP contribution in [0.1, 0.15) is 48.4 Å². The van der Waals surface area contributed by atoms with Gasteiger partial charge in [0.2, 0.25) is 0 Å². The molecule has 2 aromatic heterocycles. The van der Waals surface area contributed by atoms with Crippen LogP contribution < -0.4 is 5.32 Å². The maximum Gasteiger partial charge on any atom is 0.303 e. The highest BCUT2D eigenvalue weighted by Gasteiger charge is 2.25. The van der Waals surface area contributed by atoms with Crippen molar-refractivity contribution in [2.45, 2.75) is 46.1 Å². The highest BCUT2D eigenvalue weighted by molar-refractivity contribution is 7.12. The number of carboxylic acid groups (broad SMARTS) is 1. The van der Waals surface area contributed by atoms with Gasteiger partial charge in [0.15, 0.2) is 5.13 Å². The smallest absolute Gasteiger partial charge is 0.303 e. The first-order valence-electron chi connectivity index (χ1n) is 7.34. The van der Waals surface area contributed by atoms with Crippen molar-refractivity contribution in [1.29, 1.82) is 0 Å². The van der Waals surface area contributed by atoms with Gasteiger partial charge in [-0.2, -0.15) is 0 Å². The van der Waals surface area contributed by atoms with Gasteiger partial charge in [0, 0.05) is 34.9 Å². The number of aryl methyl sites for hydroxylation is 1. The summed E-state index contributed by atoms with van der Waals surface area (Å²) in [4.78, 5) is 27.6. The van der Waals surface area contributed by atoms with Crippen LogP contribution in [0.25, 0.3) is 5.13 Å². The van der Waals surface area contributed by atoms with Crippen LogP contribution in [0.2, 0.25) is 0 Å². The summed E-state index contributed by atoms with van der Waals surface area (Å²) in [5, 5.41) is 14.4. The summed E-state index contributed by atoms with van der Waals surface area (Å²) in [6, 6.07) is 1.83. The molecule has 124 valence electrons. The molecule has 2 aromatic rings. The summed E-state index contributed by atoms with van der Waals surface area (Å²) in [6.07, 6.45) is 2.12. The second-order valence-corrected chi connectivity index (χ2v) is 7.04. The normalized spacial score (nSPS) is 11.5. The predicted octanol–water partition coefficient (Wildman–Crippen LogP) is 2.92. The number of nitrogens with zero attached hydrogens (tertiary/aromatic N) is 2. The molecule has 0 fully saturated rings. The summed E-state index contributed by atoms with van der Waals surface area (Å²) in [5.74, 6) is -1.06. The van der Waals surface area contributed by atoms with Gasteiger partial charge in [0.1, 0.15) is 0 Å². The van der Waals surface area contributed by atoms with Crippen molar-refractivity contribution in [3.8, 4) is 5.13 Å². The Balaban J connectivity index is 2.21. The SMILES string of the molecule is Cc1cc(C(=O)NC(C)(C)CCC(=O)O)c(C)n1-c1nccs1. The first-order chi connectivity index (χ1) is 10.7. The van der Waals surface area contributed by atoms with E-state index in [2.05, 4.69) is 10.3 Å². The maximum absolute atomic E-state index is 12.6. The van der Waals surface area contributed by atoms with E-state index in [1.165, 1.54) is 11.3 Å². The number of thiazole rings is 1. The Morgan fingerprint density at radius 1 is 1.39 bits per heavy atom. The highest BCUT2D eigenvalue weighted by atomic mass is 32.1. The quantitative estimate of drug-likeness (QED) is 0.850. The van der Waals surface area contributed by atoms with Gasteiger partial charge in [-0.05, 0) is 40.2 Å². The molecular weight excluding hydrogens is 314 g/mol. The zero-order valence-corrected chi connectivity index (χ0v) is 14.5. The average Bonchev–Trinajstić information content (AvgIpc) is 3.04. The van der Waals surface area contributed by atoms with E-state index >= 15 is 0 Å². The molecule has 0 saturated carbocycles. The van der Waals surface area contributed by atoms with E-state index < -0.39 is 11.5 Å². The van der Waals surface area contributed by atoms with Crippen LogP contribution in [0.3, 0.4) is 0 Å². The van der Waals surface area contributed by atoms with E-state index in [1.807, 2.05) is 43.7 Å². The Labute approximate surface area is 139 Å². The van der Waals surface area contributed by atoms with Gasteiger partial charge in [0.05, 0.1) is 5.56 Å². The average molecular weight is 335 g/mol. The molecule has 23 heavy (non-hydrogen) atoms. The van der Waals surface area contributed by atoms with Gasteiger partial charge < -0.3 is 10.4 Å². The van der Waals surface area contributed by atoms with Gasteiger partial charge in [-0.25, -0.2) is 4.98 Å². The van der Waals surface area contributed by atoms with Crippen molar-refractivity contribution in [3.05, 3.63) is 34.6 Å². The Bertz CT molecular complexity index is 717. The maximum atomic E-state index is 12.6. The first-order valence-corrected chi connectivity index (χ1v) is 8.22. The lowest BCUT2D eigenvalue weighted by molar-refractivity contribution is -0.137. The fourth-order valence-corrected chi connectivity index (χ4v) is 3.22. The minimum Gasteiger partial charge on any atom is -0.481 e. The van der Waals surface area contributed by atoms with Crippen LogP contribution in [0.4, 0.5) is 0 Å². The molecule has 6 nitrogen and oxygen atoms in total. The largest absolute Gasteiger partial charge is 0.481 e. The Kier molecular flexibility index (Phi) is 4.89. The fraction of sp³-hybridized carbons (Fsp3) is 0.438. The number of hydrogen-bond donors (Lipinski definition) is 2. The molecule has 0 saturated heterocycles. The summed E-state index contributed by atoms with van der Waals surface area (Å²) in [5.41, 5.74) is 1.76. The van der Waals surface area contributed by atoms with Gasteiger partial charge in [-0.3, -0.25) is 14.2 Å². The molecular formula is C16H21N3O3S. The summed E-state index contributed by atoms with van der Waals surface area (Å²) < 4.78 is 1.95. The summed E-state index contributed by atoms with van der Waals surface area (Å²) in [7, 11) is 0. The molecule has 2 N–H and O–H groups in total. The van der Waals surface area contributed by atoms with E-state index in [9.17, 15) is 9.59 Å². The second kappa shape index (κ2) is 6.54. The van der Waals surface area contributed by atoms with Crippen molar-refractivity contribution in [2.75, 3.05) is 0 Å². The van der Waals surface area contributed by atoms with E-state index in [0.29, 0.717) is 12.0 Å². The third-order valence-electron chi connectivity index (χ3n) is 3.70. The van der Waals surface area contributed by atoms with Crippen molar-refractivity contribution < 1.29 is 14.7 Å². The Morgan fingerprint density at radius 3 is 2.65 bits per heavy atom. The van der Waals surface area contributed by atoms with Gasteiger partial charge >= 0.3 is 5.97 Å². The highest BCUT2D eigenvalue weighted by Crippen LogP contribution is 2.23. The predicted molar refractivity (Wildman–Crippen MR) is 89.3 cm³/mol. The van der Waals surface area contributed by atoms with Gasteiger partial charge in [-0.15, -0.1) is 11.3 Å². The van der Waals surface area contributed by atoms with E-state index in [1.54, 1.807) is 6.20 Å². The van der Waals surface area contributed by atoms with Crippen LogP contribution >= 0.6 is 11.3 Å². The number of carbonyl (C=O) groups is 2. The molecule has 7 heteroatoms. The van der Waals surface area contributed by atoms with Crippen molar-refractivity contribution in [2.24, 2.45) is 0 Å². The lowest BCUT2D eigenvalue weighted by Gasteiger charge is -2.25. The van der Waals surface area contributed by atoms with E-state index in [-0.39, 0.29) is 12.3 Å². The van der Waals surface area contributed by atoms with Crippen LogP contribution in [0.5, 0.6) is 0 Å². The minimum atomic E-state index is -0.866. The molecule has 0 spiro atoms. The van der Waals surface area contributed by atoms with Crippen LogP contribution in [-0.2, 0) is 4.79 Å². The standard InChI is InChI=1S/C16H21N3O3S/c1-10-9-12(11(2)19(10)15-17-7-8-23-15)14(22)18-16(3,4)6-5-13(20)21/h7-9H,5-6H2,1-4H3,(H,18,22)(H,20,21). The summed E-state index contributed by atoms with van der Waals surface area (Å²) in [6.45, 7) is 7.47. The lowest BCUT2D eigenvalue weighted by Crippen LogP contribution is -2.43. The van der Waals surface area contributed by atoms with Crippen LogP contribution in [-0.4, -0.2) is 32.1 Å². The molecule has 0 aliphatic heterocycles. The molecule has 2 rings (SSSR count). The minimum absolute atomic E-state index is 0.0193. The molecule has 0 bridgehead atoms. The van der Waals surface area contributed by atoms with Crippen molar-refractivity contribution in [3.63, 3.8) is 0 Å². The third-order valence-corrected chi connectivity index (χ3v) is 4.46. The number of rotatable bonds is 6. The molecule has 0 radical (unpaired) electrons. The molecule has 1 amide bonds. The van der Waals surface area contributed by atoms with Crippen LogP contribution in [0.15, 0.2) is 17.6 Å². The Morgan fingerprint density at radius 2 is 2.09 bits per heavy atom. The third kappa shape index (κ3) is 3.98. The second-order valence-electron chi connectivity index (χ2n) is 6.17. The monoisotopic (exact) mass is 335 g/mol. The zero-order valence-electron chi connectivity index (χ0n) is 13.7. The topological polar surface area (TPSA) is 84.2 Å². The molecule has 0 aliphatic rings. The number of aliphatic carboxylic acids is 1. The lowest BCUT2D eigenvalue weighted by atomic mass is 9.98. The fourth-order valence-electron chi connectivity index (χ4n) is 2.47. The van der Waals surface area contributed by atoms with E-state index in [0.717, 1.165) is 16.5 Å². The van der Waals surface area contributed by atoms with Gasteiger partial charge in [-0.1, -0.05) is 0 Å². The van der Waals surface area contributed by atoms with Crippen molar-refractivity contribution >= 4 is 23.2 Å². The number of amides is 1. The first kappa shape index (κ1) is 17.2.